The van der Waals surface area contributed by atoms with Gasteiger partial charge in [-0.1, -0.05) is 11.6 Å². The number of hydrogen-bond donors (Lipinski definition) is 3. The van der Waals surface area contributed by atoms with Gasteiger partial charge in [-0.05, 0) is 18.2 Å². The zero-order valence-electron chi connectivity index (χ0n) is 7.53. The maximum atomic E-state index is 10.7. The second-order valence-corrected chi connectivity index (χ2v) is 3.18. The van der Waals surface area contributed by atoms with Crippen molar-refractivity contribution in [3.63, 3.8) is 0 Å². The molecule has 0 atom stereocenters. The Morgan fingerprint density at radius 3 is 2.53 bits per heavy atom. The van der Waals surface area contributed by atoms with Gasteiger partial charge in [0.05, 0.1) is 11.3 Å². The Labute approximate surface area is 90.3 Å². The van der Waals surface area contributed by atoms with Gasteiger partial charge in [0.25, 0.3) is 0 Å². The molecule has 1 aromatic rings. The summed E-state index contributed by atoms with van der Waals surface area (Å²) in [4.78, 5) is 21.0. The molecule has 0 unspecified atom stereocenters. The minimum Gasteiger partial charge on any atom is -0.480 e. The number of carboxylic acids is 2. The van der Waals surface area contributed by atoms with E-state index in [-0.39, 0.29) is 17.8 Å². The van der Waals surface area contributed by atoms with Gasteiger partial charge in [-0.2, -0.15) is 0 Å². The molecule has 0 fully saturated rings. The number of aromatic carboxylic acids is 1. The van der Waals surface area contributed by atoms with E-state index in [0.29, 0.717) is 5.02 Å². The molecule has 0 aromatic heterocycles. The lowest BCUT2D eigenvalue weighted by atomic mass is 10.2. The number of carbonyl (C=O) groups is 2. The average molecular weight is 230 g/mol. The molecule has 6 heteroatoms. The Bertz CT molecular complexity index is 405. The molecule has 0 spiro atoms. The first-order valence-corrected chi connectivity index (χ1v) is 4.37. The van der Waals surface area contributed by atoms with Gasteiger partial charge in [-0.3, -0.25) is 4.79 Å². The van der Waals surface area contributed by atoms with Gasteiger partial charge < -0.3 is 15.5 Å². The fourth-order valence-electron chi connectivity index (χ4n) is 1.02. The molecule has 0 aliphatic carbocycles. The van der Waals surface area contributed by atoms with Crippen molar-refractivity contribution in [2.75, 3.05) is 11.9 Å². The zero-order valence-corrected chi connectivity index (χ0v) is 8.28. The first-order valence-electron chi connectivity index (χ1n) is 3.99. The molecule has 0 saturated heterocycles. The number of halogens is 1. The number of anilines is 1. The van der Waals surface area contributed by atoms with Crippen molar-refractivity contribution in [1.29, 1.82) is 0 Å². The molecule has 0 bridgehead atoms. The van der Waals surface area contributed by atoms with Crippen molar-refractivity contribution in [3.8, 4) is 0 Å². The lowest BCUT2D eigenvalue weighted by Gasteiger charge is -2.07. The predicted molar refractivity (Wildman–Crippen MR) is 54.5 cm³/mol. The van der Waals surface area contributed by atoms with Crippen LogP contribution < -0.4 is 5.32 Å². The quantitative estimate of drug-likeness (QED) is 0.729. The number of carboxylic acid groups (broad SMARTS) is 2. The van der Waals surface area contributed by atoms with Crippen molar-refractivity contribution >= 4 is 29.2 Å². The standard InChI is InChI=1S/C9H8ClNO4/c10-5-1-2-6(9(14)15)7(3-5)11-4-8(12)13/h1-3,11H,4H2,(H,12,13)(H,14,15). The molecule has 0 radical (unpaired) electrons. The summed E-state index contributed by atoms with van der Waals surface area (Å²) in [6.07, 6.45) is 0. The van der Waals surface area contributed by atoms with Crippen LogP contribution in [0.5, 0.6) is 0 Å². The molecule has 15 heavy (non-hydrogen) atoms. The van der Waals surface area contributed by atoms with E-state index >= 15 is 0 Å². The van der Waals surface area contributed by atoms with Crippen molar-refractivity contribution in [2.45, 2.75) is 0 Å². The fraction of sp³-hybridized carbons (Fsp3) is 0.111. The first-order chi connectivity index (χ1) is 7.00. The van der Waals surface area contributed by atoms with E-state index in [9.17, 15) is 9.59 Å². The normalized spacial score (nSPS) is 9.67. The zero-order chi connectivity index (χ0) is 11.4. The highest BCUT2D eigenvalue weighted by Crippen LogP contribution is 2.20. The highest BCUT2D eigenvalue weighted by atomic mass is 35.5. The van der Waals surface area contributed by atoms with Gasteiger partial charge in [-0.25, -0.2) is 4.79 Å². The lowest BCUT2D eigenvalue weighted by Crippen LogP contribution is -2.14. The van der Waals surface area contributed by atoms with Gasteiger partial charge in [0.2, 0.25) is 0 Å². The Kier molecular flexibility index (Phi) is 3.51. The summed E-state index contributed by atoms with van der Waals surface area (Å²) in [5, 5.41) is 20.0. The van der Waals surface area contributed by atoms with Crippen LogP contribution in [-0.2, 0) is 4.79 Å². The summed E-state index contributed by atoms with van der Waals surface area (Å²) in [6, 6.07) is 4.11. The van der Waals surface area contributed by atoms with Crippen molar-refractivity contribution in [1.82, 2.24) is 0 Å². The van der Waals surface area contributed by atoms with E-state index in [1.54, 1.807) is 0 Å². The van der Waals surface area contributed by atoms with Crippen LogP contribution in [0.2, 0.25) is 5.02 Å². The van der Waals surface area contributed by atoms with E-state index in [1.807, 2.05) is 0 Å². The van der Waals surface area contributed by atoms with E-state index in [1.165, 1.54) is 18.2 Å². The number of benzene rings is 1. The van der Waals surface area contributed by atoms with Crippen LogP contribution in [0.15, 0.2) is 18.2 Å². The summed E-state index contributed by atoms with van der Waals surface area (Å²) in [7, 11) is 0. The van der Waals surface area contributed by atoms with E-state index in [2.05, 4.69) is 5.32 Å². The molecular formula is C9H8ClNO4. The molecular weight excluding hydrogens is 222 g/mol. The highest BCUT2D eigenvalue weighted by Gasteiger charge is 2.10. The molecule has 0 heterocycles. The average Bonchev–Trinajstić information content (AvgIpc) is 2.14. The van der Waals surface area contributed by atoms with E-state index in [4.69, 9.17) is 21.8 Å². The minimum atomic E-state index is -1.14. The molecule has 5 nitrogen and oxygen atoms in total. The second kappa shape index (κ2) is 4.65. The van der Waals surface area contributed by atoms with Gasteiger partial charge >= 0.3 is 11.9 Å². The summed E-state index contributed by atoms with van der Waals surface area (Å²) >= 11 is 5.66. The molecule has 80 valence electrons. The van der Waals surface area contributed by atoms with Crippen LogP contribution in [0.1, 0.15) is 10.4 Å². The van der Waals surface area contributed by atoms with Crippen LogP contribution in [0.25, 0.3) is 0 Å². The van der Waals surface area contributed by atoms with E-state index < -0.39 is 11.9 Å². The molecule has 0 aliphatic heterocycles. The van der Waals surface area contributed by atoms with Gasteiger partial charge in [0.15, 0.2) is 0 Å². The second-order valence-electron chi connectivity index (χ2n) is 2.74. The highest BCUT2D eigenvalue weighted by molar-refractivity contribution is 6.31. The lowest BCUT2D eigenvalue weighted by molar-refractivity contribution is -0.134. The third-order valence-corrected chi connectivity index (χ3v) is 1.88. The molecule has 0 amide bonds. The largest absolute Gasteiger partial charge is 0.480 e. The van der Waals surface area contributed by atoms with Crippen molar-refractivity contribution < 1.29 is 19.8 Å². The Morgan fingerprint density at radius 2 is 2.00 bits per heavy atom. The molecule has 1 rings (SSSR count). The van der Waals surface area contributed by atoms with E-state index in [0.717, 1.165) is 0 Å². The number of hydrogen-bond acceptors (Lipinski definition) is 3. The van der Waals surface area contributed by atoms with Crippen molar-refractivity contribution in [3.05, 3.63) is 28.8 Å². The maximum Gasteiger partial charge on any atom is 0.337 e. The van der Waals surface area contributed by atoms with Crippen LogP contribution in [0.3, 0.4) is 0 Å². The third-order valence-electron chi connectivity index (χ3n) is 1.64. The van der Waals surface area contributed by atoms with Gasteiger partial charge in [-0.15, -0.1) is 0 Å². The number of rotatable bonds is 4. The molecule has 1 aromatic carbocycles. The minimum absolute atomic E-state index is 0.0133. The van der Waals surface area contributed by atoms with Crippen LogP contribution in [-0.4, -0.2) is 28.7 Å². The monoisotopic (exact) mass is 229 g/mol. The van der Waals surface area contributed by atoms with Crippen LogP contribution in [0.4, 0.5) is 5.69 Å². The number of aliphatic carboxylic acids is 1. The Morgan fingerprint density at radius 1 is 1.33 bits per heavy atom. The third kappa shape index (κ3) is 3.14. The summed E-state index contributed by atoms with van der Waals surface area (Å²) in [5.41, 5.74) is 0.179. The van der Waals surface area contributed by atoms with Crippen LogP contribution in [0, 0.1) is 0 Å². The smallest absolute Gasteiger partial charge is 0.337 e. The molecule has 0 aliphatic rings. The molecule has 0 saturated carbocycles. The topological polar surface area (TPSA) is 86.6 Å². The van der Waals surface area contributed by atoms with Gasteiger partial charge in [0, 0.05) is 5.02 Å². The molecule has 3 N–H and O–H groups in total. The SMILES string of the molecule is O=C(O)CNc1cc(Cl)ccc1C(=O)O. The predicted octanol–water partition coefficient (Wildman–Crippen LogP) is 1.53. The summed E-state index contributed by atoms with van der Waals surface area (Å²) < 4.78 is 0. The number of nitrogens with one attached hydrogen (secondary N) is 1. The fourth-order valence-corrected chi connectivity index (χ4v) is 1.19. The Hall–Kier alpha value is -1.75. The van der Waals surface area contributed by atoms with Crippen LogP contribution >= 0.6 is 11.6 Å². The van der Waals surface area contributed by atoms with Gasteiger partial charge in [0.1, 0.15) is 6.54 Å². The summed E-state index contributed by atoms with van der Waals surface area (Å²) in [6.45, 7) is -0.360. The van der Waals surface area contributed by atoms with Crippen molar-refractivity contribution in [2.24, 2.45) is 0 Å². The first kappa shape index (κ1) is 11.3. The summed E-state index contributed by atoms with van der Waals surface area (Å²) in [5.74, 6) is -2.22. The maximum absolute atomic E-state index is 10.7. The Balaban J connectivity index is 2.96.